The number of carbonyl (C=O) groups is 3. The molecule has 0 aliphatic rings. The Kier molecular flexibility index (Phi) is 3.21. The van der Waals surface area contributed by atoms with E-state index in [-0.39, 0.29) is 5.82 Å². The highest BCUT2D eigenvalue weighted by Crippen LogP contribution is 1.96. The van der Waals surface area contributed by atoms with E-state index in [1.54, 1.807) is 0 Å². The van der Waals surface area contributed by atoms with Gasteiger partial charge in [0.25, 0.3) is 0 Å². The van der Waals surface area contributed by atoms with Crippen LogP contribution in [0.4, 0.5) is 0 Å². The number of esters is 1. The average molecular weight is 212 g/mol. The molecule has 1 heterocycles. The summed E-state index contributed by atoms with van der Waals surface area (Å²) in [5.74, 6) is -2.87. The van der Waals surface area contributed by atoms with E-state index in [2.05, 4.69) is 20.1 Å². The number of hydrogen-bond donors (Lipinski definition) is 0. The normalized spacial score (nSPS) is 9.73. The summed E-state index contributed by atoms with van der Waals surface area (Å²) in [6.45, 7) is 0. The van der Waals surface area contributed by atoms with Gasteiger partial charge in [-0.3, -0.25) is 9.59 Å². The summed E-state index contributed by atoms with van der Waals surface area (Å²) in [6.07, 6.45) is -0.613. The molecule has 0 unspecified atom stereocenters. The van der Waals surface area contributed by atoms with Crippen LogP contribution in [0, 0.1) is 0 Å². The fourth-order valence-corrected chi connectivity index (χ4v) is 0.807. The van der Waals surface area contributed by atoms with E-state index in [0.29, 0.717) is 0 Å². The van der Waals surface area contributed by atoms with Crippen molar-refractivity contribution in [2.45, 2.75) is 6.42 Å². The zero-order valence-corrected chi connectivity index (χ0v) is 8.13. The molecule has 0 amide bonds. The van der Waals surface area contributed by atoms with Gasteiger partial charge in [0, 0.05) is 0 Å². The molecule has 0 bridgehead atoms. The summed E-state index contributed by atoms with van der Waals surface area (Å²) in [5.41, 5.74) is 0. The predicted molar refractivity (Wildman–Crippen MR) is 44.8 cm³/mol. The highest BCUT2D eigenvalue weighted by molar-refractivity contribution is 6.37. The standard InChI is InChI=1S/C7H8N4O4/c1-11-9-6(8-10-11)4(12)3-5(13)7(14)15-2/h3H2,1-2H3. The van der Waals surface area contributed by atoms with E-state index in [1.165, 1.54) is 7.05 Å². The number of methoxy groups -OCH3 is 1. The summed E-state index contributed by atoms with van der Waals surface area (Å²) < 4.78 is 4.15. The summed E-state index contributed by atoms with van der Waals surface area (Å²) in [4.78, 5) is 34.0. The second kappa shape index (κ2) is 4.40. The molecule has 8 nitrogen and oxygen atoms in total. The number of ether oxygens (including phenoxy) is 1. The van der Waals surface area contributed by atoms with Gasteiger partial charge < -0.3 is 4.74 Å². The first kappa shape index (κ1) is 11.0. The van der Waals surface area contributed by atoms with Crippen LogP contribution < -0.4 is 0 Å². The molecule has 0 aromatic carbocycles. The summed E-state index contributed by atoms with van der Waals surface area (Å²) >= 11 is 0. The Morgan fingerprint density at radius 1 is 1.40 bits per heavy atom. The molecule has 0 fully saturated rings. The molecule has 0 saturated heterocycles. The van der Waals surface area contributed by atoms with Crippen LogP contribution in [0.5, 0.6) is 0 Å². The molecule has 1 aromatic rings. The monoisotopic (exact) mass is 212 g/mol. The third kappa shape index (κ3) is 2.66. The Labute approximate surface area is 84.2 Å². The van der Waals surface area contributed by atoms with Crippen molar-refractivity contribution in [3.8, 4) is 0 Å². The first-order valence-electron chi connectivity index (χ1n) is 3.93. The second-order valence-corrected chi connectivity index (χ2v) is 2.62. The number of tetrazole rings is 1. The van der Waals surface area contributed by atoms with Crippen LogP contribution in [0.3, 0.4) is 0 Å². The Bertz CT molecular complexity index is 411. The van der Waals surface area contributed by atoms with Gasteiger partial charge in [0.2, 0.25) is 17.4 Å². The van der Waals surface area contributed by atoms with Gasteiger partial charge >= 0.3 is 5.97 Å². The fourth-order valence-electron chi connectivity index (χ4n) is 0.807. The highest BCUT2D eigenvalue weighted by Gasteiger charge is 2.21. The molecule has 1 rings (SSSR count). The lowest BCUT2D eigenvalue weighted by Gasteiger charge is -1.94. The number of ketones is 2. The number of aryl methyl sites for hydroxylation is 1. The zero-order valence-electron chi connectivity index (χ0n) is 8.13. The molecule has 0 atom stereocenters. The van der Waals surface area contributed by atoms with Crippen LogP contribution in [-0.4, -0.2) is 44.9 Å². The van der Waals surface area contributed by atoms with Gasteiger partial charge in [0.15, 0.2) is 0 Å². The van der Waals surface area contributed by atoms with E-state index < -0.39 is 24.0 Å². The summed E-state index contributed by atoms with van der Waals surface area (Å²) in [6, 6.07) is 0. The maximum Gasteiger partial charge on any atom is 0.374 e. The first-order valence-corrected chi connectivity index (χ1v) is 3.93. The van der Waals surface area contributed by atoms with Crippen LogP contribution in [0.1, 0.15) is 17.0 Å². The van der Waals surface area contributed by atoms with E-state index in [9.17, 15) is 14.4 Å². The van der Waals surface area contributed by atoms with Crippen LogP contribution in [0.2, 0.25) is 0 Å². The Morgan fingerprint density at radius 2 is 2.07 bits per heavy atom. The number of carbonyl (C=O) groups excluding carboxylic acids is 3. The molecule has 0 aliphatic carbocycles. The van der Waals surface area contributed by atoms with Gasteiger partial charge in [0.1, 0.15) is 0 Å². The molecular formula is C7H8N4O4. The summed E-state index contributed by atoms with van der Waals surface area (Å²) in [7, 11) is 2.54. The predicted octanol–water partition coefficient (Wildman–Crippen LogP) is -1.47. The SMILES string of the molecule is COC(=O)C(=O)CC(=O)c1nnn(C)n1. The third-order valence-corrected chi connectivity index (χ3v) is 1.49. The third-order valence-electron chi connectivity index (χ3n) is 1.49. The minimum atomic E-state index is -1.06. The molecule has 0 N–H and O–H groups in total. The minimum absolute atomic E-state index is 0.199. The highest BCUT2D eigenvalue weighted by atomic mass is 16.5. The zero-order chi connectivity index (χ0) is 11.4. The second-order valence-electron chi connectivity index (χ2n) is 2.62. The fraction of sp³-hybridized carbons (Fsp3) is 0.429. The number of nitrogens with zero attached hydrogens (tertiary/aromatic N) is 4. The van der Waals surface area contributed by atoms with Gasteiger partial charge in [-0.25, -0.2) is 4.79 Å². The van der Waals surface area contributed by atoms with Crippen molar-refractivity contribution < 1.29 is 19.1 Å². The molecule has 1 aromatic heterocycles. The van der Waals surface area contributed by atoms with Crippen molar-refractivity contribution >= 4 is 17.5 Å². The topological polar surface area (TPSA) is 104 Å². The number of aromatic nitrogens is 4. The molecule has 0 aliphatic heterocycles. The van der Waals surface area contributed by atoms with Gasteiger partial charge in [-0.1, -0.05) is 0 Å². The molecule has 15 heavy (non-hydrogen) atoms. The molecular weight excluding hydrogens is 204 g/mol. The van der Waals surface area contributed by atoms with Crippen molar-refractivity contribution in [1.82, 2.24) is 20.2 Å². The lowest BCUT2D eigenvalue weighted by Crippen LogP contribution is -2.20. The van der Waals surface area contributed by atoms with E-state index >= 15 is 0 Å². The van der Waals surface area contributed by atoms with Crippen molar-refractivity contribution in [3.05, 3.63) is 5.82 Å². The maximum absolute atomic E-state index is 11.3. The van der Waals surface area contributed by atoms with Crippen molar-refractivity contribution in [1.29, 1.82) is 0 Å². The van der Waals surface area contributed by atoms with Crippen LogP contribution >= 0.6 is 0 Å². The van der Waals surface area contributed by atoms with Crippen molar-refractivity contribution in [2.75, 3.05) is 7.11 Å². The summed E-state index contributed by atoms with van der Waals surface area (Å²) in [5, 5.41) is 10.4. The molecule has 8 heteroatoms. The first-order chi connectivity index (χ1) is 7.04. The minimum Gasteiger partial charge on any atom is -0.463 e. The van der Waals surface area contributed by atoms with Gasteiger partial charge in [-0.15, -0.1) is 10.2 Å². The molecule has 0 saturated carbocycles. The number of Topliss-reactive ketones (excluding diaryl/α,β-unsaturated/α-hetero) is 2. The molecule has 0 spiro atoms. The lowest BCUT2D eigenvalue weighted by molar-refractivity contribution is -0.151. The lowest BCUT2D eigenvalue weighted by atomic mass is 10.2. The Hall–Kier alpha value is -2.12. The number of hydrogen-bond acceptors (Lipinski definition) is 7. The maximum atomic E-state index is 11.3. The van der Waals surface area contributed by atoms with Crippen LogP contribution in [0.15, 0.2) is 0 Å². The average Bonchev–Trinajstić information content (AvgIpc) is 2.63. The van der Waals surface area contributed by atoms with E-state index in [4.69, 9.17) is 0 Å². The van der Waals surface area contributed by atoms with Gasteiger partial charge in [-0.2, -0.15) is 4.80 Å². The van der Waals surface area contributed by atoms with Gasteiger partial charge in [-0.05, 0) is 5.21 Å². The quantitative estimate of drug-likeness (QED) is 0.259. The number of rotatable bonds is 4. The van der Waals surface area contributed by atoms with E-state index in [0.717, 1.165) is 11.9 Å². The largest absolute Gasteiger partial charge is 0.463 e. The smallest absolute Gasteiger partial charge is 0.374 e. The van der Waals surface area contributed by atoms with Crippen molar-refractivity contribution in [3.63, 3.8) is 0 Å². The Balaban J connectivity index is 2.64. The Morgan fingerprint density at radius 3 is 2.53 bits per heavy atom. The van der Waals surface area contributed by atoms with Crippen LogP contribution in [-0.2, 0) is 21.4 Å². The molecule has 0 radical (unpaired) electrons. The van der Waals surface area contributed by atoms with Crippen molar-refractivity contribution in [2.24, 2.45) is 7.05 Å². The van der Waals surface area contributed by atoms with E-state index in [1.807, 2.05) is 0 Å². The van der Waals surface area contributed by atoms with Gasteiger partial charge in [0.05, 0.1) is 20.6 Å². The van der Waals surface area contributed by atoms with Crippen LogP contribution in [0.25, 0.3) is 0 Å². The molecule has 80 valence electrons.